The van der Waals surface area contributed by atoms with Gasteiger partial charge in [0.1, 0.15) is 5.82 Å². The molecule has 1 aliphatic heterocycles. The third-order valence-electron chi connectivity index (χ3n) is 6.70. The van der Waals surface area contributed by atoms with E-state index < -0.39 is 29.4 Å². The molecule has 3 atom stereocenters. The number of benzene rings is 1. The number of nitrogens with zero attached hydrogens (tertiary/aromatic N) is 3. The predicted octanol–water partition coefficient (Wildman–Crippen LogP) is 2.66. The fourth-order valence-electron chi connectivity index (χ4n) is 4.82. The van der Waals surface area contributed by atoms with E-state index in [1.807, 2.05) is 0 Å². The lowest BCUT2D eigenvalue weighted by Gasteiger charge is -2.21. The van der Waals surface area contributed by atoms with E-state index in [2.05, 4.69) is 15.7 Å². The molecule has 0 amide bonds. The predicted molar refractivity (Wildman–Crippen MR) is 114 cm³/mol. The highest BCUT2D eigenvalue weighted by Gasteiger charge is 2.59. The van der Waals surface area contributed by atoms with Crippen molar-refractivity contribution >= 4 is 16.6 Å². The van der Waals surface area contributed by atoms with Gasteiger partial charge in [-0.2, -0.15) is 5.10 Å². The molecule has 0 bridgehead atoms. The van der Waals surface area contributed by atoms with Crippen molar-refractivity contribution in [2.24, 2.45) is 13.0 Å². The maximum Gasteiger partial charge on any atom is 0.274 e. The van der Waals surface area contributed by atoms with Gasteiger partial charge in [0.25, 0.3) is 17.5 Å². The molecule has 2 unspecified atom stereocenters. The highest BCUT2D eigenvalue weighted by molar-refractivity contribution is 5.90. The molecule has 2 aliphatic rings. The number of hydrogen-bond donors (Lipinski definition) is 2. The second-order valence-corrected chi connectivity index (χ2v) is 8.64. The molecule has 2 fully saturated rings. The molecule has 1 aliphatic carbocycles. The Balaban J connectivity index is 1.61. The minimum atomic E-state index is -2.93. The highest BCUT2D eigenvalue weighted by Crippen LogP contribution is 2.52. The van der Waals surface area contributed by atoms with Crippen LogP contribution < -0.4 is 21.8 Å². The Morgan fingerprint density at radius 1 is 1.25 bits per heavy atom. The molecular formula is C22H22F3N5O2. The van der Waals surface area contributed by atoms with E-state index in [4.69, 9.17) is 0 Å². The van der Waals surface area contributed by atoms with E-state index >= 15 is 0 Å². The van der Waals surface area contributed by atoms with Crippen molar-refractivity contribution in [2.75, 3.05) is 18.4 Å². The lowest BCUT2D eigenvalue weighted by atomic mass is 10.0. The Morgan fingerprint density at radius 2 is 2.00 bits per heavy atom. The monoisotopic (exact) mass is 445 g/mol. The van der Waals surface area contributed by atoms with Crippen LogP contribution in [0.15, 0.2) is 40.1 Å². The van der Waals surface area contributed by atoms with Gasteiger partial charge in [0, 0.05) is 43.4 Å². The zero-order chi connectivity index (χ0) is 22.8. The van der Waals surface area contributed by atoms with E-state index in [-0.39, 0.29) is 27.9 Å². The number of fused-ring (bicyclic) bond motifs is 2. The average molecular weight is 445 g/mol. The molecule has 3 heterocycles. The normalized spacial score (nSPS) is 22.9. The van der Waals surface area contributed by atoms with Gasteiger partial charge in [-0.25, -0.2) is 17.9 Å². The van der Waals surface area contributed by atoms with Crippen molar-refractivity contribution in [3.8, 4) is 0 Å². The summed E-state index contributed by atoms with van der Waals surface area (Å²) in [6.07, 6.45) is -0.409. The number of pyridine rings is 1. The van der Waals surface area contributed by atoms with Crippen LogP contribution in [-0.4, -0.2) is 27.4 Å². The number of hydrogen-bond acceptors (Lipinski definition) is 5. The van der Waals surface area contributed by atoms with Gasteiger partial charge >= 0.3 is 0 Å². The first-order chi connectivity index (χ1) is 15.2. The Hall–Kier alpha value is -3.14. The average Bonchev–Trinajstić information content (AvgIpc) is 3.31. The Kier molecular flexibility index (Phi) is 4.66. The van der Waals surface area contributed by atoms with Gasteiger partial charge in [-0.3, -0.25) is 9.59 Å². The number of aryl methyl sites for hydroxylation is 1. The first kappa shape index (κ1) is 20.7. The van der Waals surface area contributed by atoms with Crippen molar-refractivity contribution in [3.05, 3.63) is 68.1 Å². The van der Waals surface area contributed by atoms with Gasteiger partial charge in [0.05, 0.1) is 22.5 Å². The molecule has 0 spiro atoms. The van der Waals surface area contributed by atoms with E-state index in [9.17, 15) is 22.8 Å². The Bertz CT molecular complexity index is 1350. The van der Waals surface area contributed by atoms with E-state index in [1.54, 1.807) is 17.7 Å². The number of halogens is 3. The molecular weight excluding hydrogens is 423 g/mol. The summed E-state index contributed by atoms with van der Waals surface area (Å²) < 4.78 is 43.7. The lowest BCUT2D eigenvalue weighted by molar-refractivity contribution is 0.146. The fourth-order valence-corrected chi connectivity index (χ4v) is 4.82. The quantitative estimate of drug-likeness (QED) is 0.631. The number of rotatable bonds is 5. The summed E-state index contributed by atoms with van der Waals surface area (Å²) in [4.78, 5) is 25.5. The van der Waals surface area contributed by atoms with Crippen LogP contribution in [0.25, 0.3) is 10.8 Å². The first-order valence-corrected chi connectivity index (χ1v) is 10.4. The second kappa shape index (κ2) is 7.19. The molecule has 2 N–H and O–H groups in total. The van der Waals surface area contributed by atoms with Crippen LogP contribution in [0.1, 0.15) is 36.9 Å². The number of aromatic nitrogens is 3. The van der Waals surface area contributed by atoms with E-state index in [0.29, 0.717) is 17.8 Å². The Morgan fingerprint density at radius 3 is 2.66 bits per heavy atom. The molecule has 5 rings (SSSR count). The summed E-state index contributed by atoms with van der Waals surface area (Å²) >= 11 is 0. The molecule has 0 radical (unpaired) electrons. The van der Waals surface area contributed by atoms with Gasteiger partial charge in [0.2, 0.25) is 0 Å². The maximum atomic E-state index is 14.7. The van der Waals surface area contributed by atoms with Crippen molar-refractivity contribution in [3.63, 3.8) is 0 Å². The molecule has 1 saturated carbocycles. The minimum absolute atomic E-state index is 0.0563. The summed E-state index contributed by atoms with van der Waals surface area (Å²) in [5, 5.41) is 11.2. The molecule has 32 heavy (non-hydrogen) atoms. The topological polar surface area (TPSA) is 81.0 Å². The van der Waals surface area contributed by atoms with Crippen LogP contribution >= 0.6 is 0 Å². The van der Waals surface area contributed by atoms with Gasteiger partial charge in [-0.1, -0.05) is 18.2 Å². The van der Waals surface area contributed by atoms with Crippen LogP contribution in [0.4, 0.5) is 19.0 Å². The van der Waals surface area contributed by atoms with Gasteiger partial charge in [-0.05, 0) is 19.3 Å². The van der Waals surface area contributed by atoms with Crippen LogP contribution in [0.3, 0.4) is 0 Å². The standard InChI is InChI=1S/C22H22F3N5O2/c1-11(13-4-3-5-14(18(13)23)19(24)25)27-20-16-9-30(22-7-12(22)8-26-10-22)17(31)6-15(16)21(32)29(2)28-20/h3-6,9,11-12,19,26H,7-8,10H2,1-2H3,(H,27,28)/t11-,12?,22?/m1/s1. The van der Waals surface area contributed by atoms with Crippen molar-refractivity contribution < 1.29 is 13.2 Å². The number of alkyl halides is 2. The van der Waals surface area contributed by atoms with Crippen molar-refractivity contribution in [1.82, 2.24) is 19.7 Å². The van der Waals surface area contributed by atoms with Crippen LogP contribution in [0.5, 0.6) is 0 Å². The van der Waals surface area contributed by atoms with Crippen molar-refractivity contribution in [2.45, 2.75) is 31.4 Å². The molecule has 10 heteroatoms. The second-order valence-electron chi connectivity index (χ2n) is 8.64. The smallest absolute Gasteiger partial charge is 0.274 e. The van der Waals surface area contributed by atoms with Crippen LogP contribution in [0, 0.1) is 11.7 Å². The van der Waals surface area contributed by atoms with Crippen molar-refractivity contribution in [1.29, 1.82) is 0 Å². The van der Waals surface area contributed by atoms with Gasteiger partial charge < -0.3 is 15.2 Å². The highest BCUT2D eigenvalue weighted by atomic mass is 19.3. The zero-order valence-electron chi connectivity index (χ0n) is 17.5. The fraction of sp³-hybridized carbons (Fsp3) is 0.409. The molecule has 2 aromatic heterocycles. The number of nitrogens with one attached hydrogen (secondary N) is 2. The number of piperidine rings is 1. The minimum Gasteiger partial charge on any atom is -0.361 e. The summed E-state index contributed by atoms with van der Waals surface area (Å²) in [6.45, 7) is 3.13. The van der Waals surface area contributed by atoms with Crippen LogP contribution in [-0.2, 0) is 12.6 Å². The summed E-state index contributed by atoms with van der Waals surface area (Å²) in [7, 11) is 1.46. The van der Waals surface area contributed by atoms with Gasteiger partial charge in [-0.15, -0.1) is 0 Å². The third kappa shape index (κ3) is 3.04. The third-order valence-corrected chi connectivity index (χ3v) is 6.70. The summed E-state index contributed by atoms with van der Waals surface area (Å²) in [5.74, 6) is -0.353. The largest absolute Gasteiger partial charge is 0.361 e. The first-order valence-electron chi connectivity index (χ1n) is 10.4. The Labute approximate surface area is 180 Å². The van der Waals surface area contributed by atoms with E-state index in [1.165, 1.54) is 25.2 Å². The molecule has 7 nitrogen and oxygen atoms in total. The van der Waals surface area contributed by atoms with E-state index in [0.717, 1.165) is 23.7 Å². The molecule has 3 aromatic rings. The summed E-state index contributed by atoms with van der Waals surface area (Å²) in [5.41, 5.74) is -1.60. The molecule has 1 saturated heterocycles. The van der Waals surface area contributed by atoms with Crippen LogP contribution in [0.2, 0.25) is 0 Å². The molecule has 168 valence electrons. The lowest BCUT2D eigenvalue weighted by Crippen LogP contribution is -2.35. The maximum absolute atomic E-state index is 14.7. The SMILES string of the molecule is C[C@@H](Nc1nn(C)c(=O)c2cc(=O)n(C34CNCC3C4)cc12)c1cccc(C(F)F)c1F. The molecule has 1 aromatic carbocycles. The summed E-state index contributed by atoms with van der Waals surface area (Å²) in [6, 6.07) is 4.45. The number of anilines is 1. The van der Waals surface area contributed by atoms with Gasteiger partial charge in [0.15, 0.2) is 5.82 Å². The zero-order valence-corrected chi connectivity index (χ0v) is 17.5.